The predicted octanol–water partition coefficient (Wildman–Crippen LogP) is 1.93. The molecule has 0 saturated carbocycles. The molecule has 3 rings (SSSR count). The molecule has 1 amide bonds. The number of amides is 1. The lowest BCUT2D eigenvalue weighted by Crippen LogP contribution is -2.30. The largest absolute Gasteiger partial charge is 0.454 e. The maximum atomic E-state index is 11.7. The molecule has 0 aliphatic carbocycles. The van der Waals surface area contributed by atoms with Crippen LogP contribution >= 0.6 is 0 Å². The van der Waals surface area contributed by atoms with Gasteiger partial charge in [-0.2, -0.15) is 0 Å². The molecule has 84 valence electrons. The van der Waals surface area contributed by atoms with Gasteiger partial charge in [0, 0.05) is 24.2 Å². The standard InChI is InChI=1S/C12H13NO3/c1-8-2-5-12(14)13(8)9-3-4-10-11(6-9)16-7-15-10/h3-4,6,8H,2,5,7H2,1H3/t8-/m1/s1. The number of hydrogen-bond donors (Lipinski definition) is 0. The van der Waals surface area contributed by atoms with Crippen LogP contribution in [0, 0.1) is 0 Å². The monoisotopic (exact) mass is 219 g/mol. The van der Waals surface area contributed by atoms with Crippen LogP contribution in [0.15, 0.2) is 18.2 Å². The highest BCUT2D eigenvalue weighted by molar-refractivity contribution is 5.96. The zero-order chi connectivity index (χ0) is 11.1. The fourth-order valence-corrected chi connectivity index (χ4v) is 2.26. The van der Waals surface area contributed by atoms with Gasteiger partial charge in [-0.25, -0.2) is 0 Å². The van der Waals surface area contributed by atoms with Crippen LogP contribution < -0.4 is 14.4 Å². The van der Waals surface area contributed by atoms with Crippen molar-refractivity contribution in [2.24, 2.45) is 0 Å². The van der Waals surface area contributed by atoms with E-state index in [4.69, 9.17) is 9.47 Å². The summed E-state index contributed by atoms with van der Waals surface area (Å²) in [5, 5.41) is 0. The topological polar surface area (TPSA) is 38.8 Å². The second-order valence-corrected chi connectivity index (χ2v) is 4.19. The summed E-state index contributed by atoms with van der Waals surface area (Å²) in [6.07, 6.45) is 1.56. The molecule has 2 heterocycles. The van der Waals surface area contributed by atoms with Gasteiger partial charge >= 0.3 is 0 Å². The quantitative estimate of drug-likeness (QED) is 0.724. The molecule has 1 fully saturated rings. The van der Waals surface area contributed by atoms with Gasteiger partial charge in [-0.1, -0.05) is 0 Å². The number of hydrogen-bond acceptors (Lipinski definition) is 3. The Morgan fingerprint density at radius 3 is 2.88 bits per heavy atom. The first kappa shape index (κ1) is 9.51. The zero-order valence-corrected chi connectivity index (χ0v) is 9.10. The van der Waals surface area contributed by atoms with Gasteiger partial charge in [-0.15, -0.1) is 0 Å². The molecule has 2 aliphatic rings. The zero-order valence-electron chi connectivity index (χ0n) is 9.10. The number of benzene rings is 1. The summed E-state index contributed by atoms with van der Waals surface area (Å²) in [5.41, 5.74) is 0.902. The smallest absolute Gasteiger partial charge is 0.231 e. The van der Waals surface area contributed by atoms with E-state index in [1.807, 2.05) is 23.1 Å². The number of nitrogens with zero attached hydrogens (tertiary/aromatic N) is 1. The fraction of sp³-hybridized carbons (Fsp3) is 0.417. The summed E-state index contributed by atoms with van der Waals surface area (Å²) in [6.45, 7) is 2.33. The highest BCUT2D eigenvalue weighted by atomic mass is 16.7. The van der Waals surface area contributed by atoms with E-state index in [2.05, 4.69) is 6.92 Å². The molecule has 0 unspecified atom stereocenters. The number of rotatable bonds is 1. The summed E-state index contributed by atoms with van der Waals surface area (Å²) in [7, 11) is 0. The van der Waals surface area contributed by atoms with Crippen LogP contribution in [0.4, 0.5) is 5.69 Å². The van der Waals surface area contributed by atoms with Crippen molar-refractivity contribution in [2.75, 3.05) is 11.7 Å². The molecule has 1 aromatic carbocycles. The van der Waals surface area contributed by atoms with E-state index in [0.717, 1.165) is 23.6 Å². The lowest BCUT2D eigenvalue weighted by molar-refractivity contribution is -0.117. The Labute approximate surface area is 93.8 Å². The maximum Gasteiger partial charge on any atom is 0.231 e. The SMILES string of the molecule is C[C@@H]1CCC(=O)N1c1ccc2c(c1)OCO2. The first-order chi connectivity index (χ1) is 7.75. The number of carbonyl (C=O) groups excluding carboxylic acids is 1. The van der Waals surface area contributed by atoms with Gasteiger partial charge in [0.1, 0.15) is 0 Å². The van der Waals surface area contributed by atoms with Gasteiger partial charge in [0.2, 0.25) is 12.7 Å². The van der Waals surface area contributed by atoms with Crippen LogP contribution in [0.1, 0.15) is 19.8 Å². The van der Waals surface area contributed by atoms with Crippen molar-refractivity contribution in [1.29, 1.82) is 0 Å². The van der Waals surface area contributed by atoms with Crippen molar-refractivity contribution in [3.8, 4) is 11.5 Å². The lowest BCUT2D eigenvalue weighted by Gasteiger charge is -2.21. The molecule has 4 heteroatoms. The van der Waals surface area contributed by atoms with E-state index < -0.39 is 0 Å². The van der Waals surface area contributed by atoms with E-state index in [1.54, 1.807) is 0 Å². The highest BCUT2D eigenvalue weighted by Gasteiger charge is 2.29. The predicted molar refractivity (Wildman–Crippen MR) is 58.7 cm³/mol. The van der Waals surface area contributed by atoms with Gasteiger partial charge < -0.3 is 14.4 Å². The minimum Gasteiger partial charge on any atom is -0.454 e. The molecule has 0 aromatic heterocycles. The maximum absolute atomic E-state index is 11.7. The van der Waals surface area contributed by atoms with E-state index >= 15 is 0 Å². The van der Waals surface area contributed by atoms with Crippen LogP contribution in [0.2, 0.25) is 0 Å². The van der Waals surface area contributed by atoms with Crippen LogP contribution in [0.3, 0.4) is 0 Å². The Hall–Kier alpha value is -1.71. The molecule has 0 N–H and O–H groups in total. The molecule has 16 heavy (non-hydrogen) atoms. The van der Waals surface area contributed by atoms with Gasteiger partial charge in [-0.05, 0) is 25.5 Å². The number of anilines is 1. The van der Waals surface area contributed by atoms with Crippen molar-refractivity contribution < 1.29 is 14.3 Å². The average Bonchev–Trinajstić information content (AvgIpc) is 2.85. The van der Waals surface area contributed by atoms with Crippen LogP contribution in [0.5, 0.6) is 11.5 Å². The normalized spacial score (nSPS) is 22.9. The molecule has 2 aliphatic heterocycles. The Bertz CT molecular complexity index is 444. The molecule has 1 aromatic rings. The number of fused-ring (bicyclic) bond motifs is 1. The van der Waals surface area contributed by atoms with E-state index in [-0.39, 0.29) is 18.7 Å². The second kappa shape index (κ2) is 3.40. The summed E-state index contributed by atoms with van der Waals surface area (Å²) in [5.74, 6) is 1.67. The highest BCUT2D eigenvalue weighted by Crippen LogP contribution is 2.37. The summed E-state index contributed by atoms with van der Waals surface area (Å²) in [6, 6.07) is 5.92. The fourth-order valence-electron chi connectivity index (χ4n) is 2.26. The Kier molecular flexibility index (Phi) is 2.02. The minimum absolute atomic E-state index is 0.186. The molecule has 1 atom stereocenters. The van der Waals surface area contributed by atoms with Crippen molar-refractivity contribution in [3.05, 3.63) is 18.2 Å². The average molecular weight is 219 g/mol. The van der Waals surface area contributed by atoms with Crippen molar-refractivity contribution >= 4 is 11.6 Å². The van der Waals surface area contributed by atoms with Crippen LogP contribution in [0.25, 0.3) is 0 Å². The second-order valence-electron chi connectivity index (χ2n) is 4.19. The molecular weight excluding hydrogens is 206 g/mol. The Morgan fingerprint density at radius 2 is 2.12 bits per heavy atom. The number of ether oxygens (including phenoxy) is 2. The summed E-state index contributed by atoms with van der Waals surface area (Å²) < 4.78 is 10.6. The molecular formula is C12H13NO3. The third kappa shape index (κ3) is 1.33. The van der Waals surface area contributed by atoms with Crippen LogP contribution in [-0.2, 0) is 4.79 Å². The van der Waals surface area contributed by atoms with Crippen molar-refractivity contribution in [1.82, 2.24) is 0 Å². The molecule has 0 radical (unpaired) electrons. The first-order valence-electron chi connectivity index (χ1n) is 5.47. The summed E-state index contributed by atoms with van der Waals surface area (Å²) in [4.78, 5) is 13.6. The Morgan fingerprint density at radius 1 is 1.31 bits per heavy atom. The third-order valence-corrected chi connectivity index (χ3v) is 3.12. The van der Waals surface area contributed by atoms with Gasteiger partial charge in [0.25, 0.3) is 0 Å². The molecule has 1 saturated heterocycles. The third-order valence-electron chi connectivity index (χ3n) is 3.12. The van der Waals surface area contributed by atoms with E-state index in [9.17, 15) is 4.79 Å². The Balaban J connectivity index is 1.97. The number of carbonyl (C=O) groups is 1. The van der Waals surface area contributed by atoms with Crippen molar-refractivity contribution in [2.45, 2.75) is 25.8 Å². The molecule has 0 bridgehead atoms. The minimum atomic E-state index is 0.186. The molecule has 0 spiro atoms. The van der Waals surface area contributed by atoms with E-state index in [0.29, 0.717) is 6.42 Å². The van der Waals surface area contributed by atoms with Gasteiger partial charge in [0.05, 0.1) is 0 Å². The van der Waals surface area contributed by atoms with Gasteiger partial charge in [-0.3, -0.25) is 4.79 Å². The summed E-state index contributed by atoms with van der Waals surface area (Å²) >= 11 is 0. The van der Waals surface area contributed by atoms with E-state index in [1.165, 1.54) is 0 Å². The van der Waals surface area contributed by atoms with Gasteiger partial charge in [0.15, 0.2) is 11.5 Å². The lowest BCUT2D eigenvalue weighted by atomic mass is 10.2. The van der Waals surface area contributed by atoms with Crippen LogP contribution in [-0.4, -0.2) is 18.7 Å². The first-order valence-corrected chi connectivity index (χ1v) is 5.47. The van der Waals surface area contributed by atoms with Crippen molar-refractivity contribution in [3.63, 3.8) is 0 Å². The molecule has 4 nitrogen and oxygen atoms in total.